The summed E-state index contributed by atoms with van der Waals surface area (Å²) in [6, 6.07) is 12.0. The summed E-state index contributed by atoms with van der Waals surface area (Å²) < 4.78 is 5.74. The lowest BCUT2D eigenvalue weighted by molar-refractivity contribution is -0.384. The van der Waals surface area contributed by atoms with Crippen LogP contribution in [0.3, 0.4) is 0 Å². The monoisotopic (exact) mass is 369 g/mol. The van der Waals surface area contributed by atoms with E-state index in [0.717, 1.165) is 16.9 Å². The lowest BCUT2D eigenvalue weighted by Crippen LogP contribution is -2.03. The first kappa shape index (κ1) is 15.8. The zero-order valence-corrected chi connectivity index (χ0v) is 13.4. The molecule has 6 heteroatoms. The number of nitrogens with zero attached hydrogens (tertiary/aromatic N) is 1. The van der Waals surface area contributed by atoms with E-state index in [1.165, 1.54) is 12.1 Å². The summed E-state index contributed by atoms with van der Waals surface area (Å²) in [5.74, 6) is 0.790. The zero-order valence-electron chi connectivity index (χ0n) is 11.1. The average molecular weight is 371 g/mol. The van der Waals surface area contributed by atoms with Crippen LogP contribution in [0.1, 0.15) is 11.1 Å². The van der Waals surface area contributed by atoms with Crippen molar-refractivity contribution >= 4 is 33.2 Å². The van der Waals surface area contributed by atoms with Crippen LogP contribution in [0.4, 0.5) is 5.69 Å². The van der Waals surface area contributed by atoms with Crippen molar-refractivity contribution < 1.29 is 9.66 Å². The third-order valence-corrected chi connectivity index (χ3v) is 3.80. The largest absolute Gasteiger partial charge is 0.493 e. The van der Waals surface area contributed by atoms with E-state index >= 15 is 0 Å². The Labute approximate surface area is 136 Å². The van der Waals surface area contributed by atoms with Gasteiger partial charge in [-0.25, -0.2) is 0 Å². The molecule has 0 radical (unpaired) electrons. The minimum Gasteiger partial charge on any atom is -0.493 e. The van der Waals surface area contributed by atoms with Gasteiger partial charge in [-0.2, -0.15) is 0 Å². The molecule has 0 saturated heterocycles. The summed E-state index contributed by atoms with van der Waals surface area (Å²) in [4.78, 5) is 10.2. The molecule has 110 valence electrons. The van der Waals surface area contributed by atoms with Gasteiger partial charge >= 0.3 is 0 Å². The number of benzene rings is 2. The van der Waals surface area contributed by atoms with Gasteiger partial charge < -0.3 is 4.74 Å². The number of rotatable bonds is 6. The molecule has 0 fully saturated rings. The number of ether oxygens (including phenoxy) is 1. The molecule has 0 bridgehead atoms. The third kappa shape index (κ3) is 4.44. The fraction of sp³-hybridized carbons (Fsp3) is 0.200. The highest BCUT2D eigenvalue weighted by molar-refractivity contribution is 9.08. The van der Waals surface area contributed by atoms with Crippen LogP contribution in [0, 0.1) is 10.1 Å². The Morgan fingerprint density at radius 2 is 1.90 bits per heavy atom. The first-order valence-corrected chi connectivity index (χ1v) is 7.80. The van der Waals surface area contributed by atoms with Crippen LogP contribution in [-0.4, -0.2) is 11.5 Å². The molecule has 0 spiro atoms. The van der Waals surface area contributed by atoms with E-state index in [2.05, 4.69) is 15.9 Å². The van der Waals surface area contributed by atoms with Gasteiger partial charge in [0.05, 0.1) is 11.5 Å². The molecular formula is C15H13BrClNO3. The predicted octanol–water partition coefficient (Wildman–Crippen LogP) is 4.76. The Bertz CT molecular complexity index is 631. The van der Waals surface area contributed by atoms with Crippen molar-refractivity contribution in [1.82, 2.24) is 0 Å². The second-order valence-electron chi connectivity index (χ2n) is 4.41. The lowest BCUT2D eigenvalue weighted by Gasteiger charge is -2.10. The SMILES string of the molecule is O=[N+]([O-])c1ccc(CCOc2ccc(Cl)cc2CBr)cc1. The fourth-order valence-electron chi connectivity index (χ4n) is 1.86. The molecule has 0 aromatic heterocycles. The molecule has 0 N–H and O–H groups in total. The molecule has 0 aliphatic heterocycles. The highest BCUT2D eigenvalue weighted by Gasteiger charge is 2.06. The number of nitro groups is 1. The maximum atomic E-state index is 10.6. The number of alkyl halides is 1. The molecule has 0 aliphatic carbocycles. The van der Waals surface area contributed by atoms with Crippen molar-refractivity contribution in [2.45, 2.75) is 11.8 Å². The molecule has 0 aliphatic rings. The van der Waals surface area contributed by atoms with Gasteiger partial charge in [-0.1, -0.05) is 39.7 Å². The highest BCUT2D eigenvalue weighted by atomic mass is 79.9. The Kier molecular flexibility index (Phi) is 5.59. The summed E-state index contributed by atoms with van der Waals surface area (Å²) in [6.45, 7) is 0.499. The average Bonchev–Trinajstić information content (AvgIpc) is 2.49. The quantitative estimate of drug-likeness (QED) is 0.418. The second-order valence-corrected chi connectivity index (χ2v) is 5.40. The predicted molar refractivity (Wildman–Crippen MR) is 86.4 cm³/mol. The number of non-ortho nitro benzene ring substituents is 1. The van der Waals surface area contributed by atoms with Crippen LogP contribution < -0.4 is 4.74 Å². The van der Waals surface area contributed by atoms with Crippen LogP contribution >= 0.6 is 27.5 Å². The Balaban J connectivity index is 1.93. The van der Waals surface area contributed by atoms with Crippen LogP contribution in [0.5, 0.6) is 5.75 Å². The fourth-order valence-corrected chi connectivity index (χ4v) is 2.49. The number of halogens is 2. The topological polar surface area (TPSA) is 52.4 Å². The van der Waals surface area contributed by atoms with Gasteiger partial charge in [0.1, 0.15) is 5.75 Å². The van der Waals surface area contributed by atoms with Gasteiger partial charge in [0.2, 0.25) is 0 Å². The minimum absolute atomic E-state index is 0.0962. The molecule has 0 amide bonds. The van der Waals surface area contributed by atoms with Crippen molar-refractivity contribution in [3.05, 3.63) is 68.7 Å². The van der Waals surface area contributed by atoms with E-state index in [1.807, 2.05) is 12.1 Å². The second kappa shape index (κ2) is 7.43. The smallest absolute Gasteiger partial charge is 0.269 e. The molecule has 4 nitrogen and oxygen atoms in total. The summed E-state index contributed by atoms with van der Waals surface area (Å²) in [7, 11) is 0. The van der Waals surface area contributed by atoms with Crippen molar-refractivity contribution in [2.24, 2.45) is 0 Å². The van der Waals surface area contributed by atoms with E-state index < -0.39 is 4.92 Å². The lowest BCUT2D eigenvalue weighted by atomic mass is 10.1. The van der Waals surface area contributed by atoms with Crippen molar-refractivity contribution in [3.8, 4) is 5.75 Å². The Morgan fingerprint density at radius 1 is 1.19 bits per heavy atom. The normalized spacial score (nSPS) is 10.4. The highest BCUT2D eigenvalue weighted by Crippen LogP contribution is 2.25. The third-order valence-electron chi connectivity index (χ3n) is 2.96. The number of hydrogen-bond acceptors (Lipinski definition) is 3. The maximum Gasteiger partial charge on any atom is 0.269 e. The van der Waals surface area contributed by atoms with Crippen molar-refractivity contribution in [3.63, 3.8) is 0 Å². The van der Waals surface area contributed by atoms with Crippen LogP contribution in [0.15, 0.2) is 42.5 Å². The van der Waals surface area contributed by atoms with Crippen molar-refractivity contribution in [1.29, 1.82) is 0 Å². The van der Waals surface area contributed by atoms with Gasteiger partial charge in [0.25, 0.3) is 5.69 Å². The summed E-state index contributed by atoms with van der Waals surface area (Å²) >= 11 is 9.33. The van der Waals surface area contributed by atoms with Crippen LogP contribution in [0.25, 0.3) is 0 Å². The Hall–Kier alpha value is -1.59. The number of nitro benzene ring substituents is 1. The summed E-state index contributed by atoms with van der Waals surface area (Å²) in [5, 5.41) is 11.9. The van der Waals surface area contributed by atoms with Gasteiger partial charge in [0, 0.05) is 34.5 Å². The van der Waals surface area contributed by atoms with E-state index in [0.29, 0.717) is 23.4 Å². The summed E-state index contributed by atoms with van der Waals surface area (Å²) in [5.41, 5.74) is 2.08. The standard InChI is InChI=1S/C15H13BrClNO3/c16-10-12-9-13(17)3-6-15(12)21-8-7-11-1-4-14(5-2-11)18(19)20/h1-6,9H,7-8,10H2. The summed E-state index contributed by atoms with van der Waals surface area (Å²) in [6.07, 6.45) is 0.683. The molecule has 2 aromatic rings. The van der Waals surface area contributed by atoms with Gasteiger partial charge in [-0.05, 0) is 23.8 Å². The molecule has 2 rings (SSSR count). The maximum absolute atomic E-state index is 10.6. The minimum atomic E-state index is -0.406. The molecule has 0 saturated carbocycles. The van der Waals surface area contributed by atoms with Crippen LogP contribution in [-0.2, 0) is 11.8 Å². The molecule has 0 unspecified atom stereocenters. The molecule has 21 heavy (non-hydrogen) atoms. The van der Waals surface area contributed by atoms with Gasteiger partial charge in [-0.15, -0.1) is 0 Å². The molecule has 0 heterocycles. The zero-order chi connectivity index (χ0) is 15.2. The molecule has 0 atom stereocenters. The van der Waals surface area contributed by atoms with E-state index in [1.54, 1.807) is 18.2 Å². The van der Waals surface area contributed by atoms with E-state index in [4.69, 9.17) is 16.3 Å². The van der Waals surface area contributed by atoms with E-state index in [-0.39, 0.29) is 5.69 Å². The van der Waals surface area contributed by atoms with E-state index in [9.17, 15) is 10.1 Å². The van der Waals surface area contributed by atoms with Gasteiger partial charge in [-0.3, -0.25) is 10.1 Å². The van der Waals surface area contributed by atoms with Crippen molar-refractivity contribution in [2.75, 3.05) is 6.61 Å². The van der Waals surface area contributed by atoms with Gasteiger partial charge in [0.15, 0.2) is 0 Å². The molecular weight excluding hydrogens is 358 g/mol. The number of hydrogen-bond donors (Lipinski definition) is 0. The molecule has 2 aromatic carbocycles. The Morgan fingerprint density at radius 3 is 2.52 bits per heavy atom. The first-order valence-electron chi connectivity index (χ1n) is 6.30. The van der Waals surface area contributed by atoms with Crippen LogP contribution in [0.2, 0.25) is 5.02 Å². The first-order chi connectivity index (χ1) is 10.1.